The minimum atomic E-state index is -0.833. The summed E-state index contributed by atoms with van der Waals surface area (Å²) in [5.74, 6) is 6.12. The van der Waals surface area contributed by atoms with Gasteiger partial charge in [-0.2, -0.15) is 0 Å². The minimum absolute atomic E-state index is 0.0188. The minimum Gasteiger partial charge on any atom is -0.437 e. The summed E-state index contributed by atoms with van der Waals surface area (Å²) in [6.07, 6.45) is -0.428. The first kappa shape index (κ1) is 12.7. The van der Waals surface area contributed by atoms with Crippen LogP contribution in [-0.2, 0) is 11.2 Å². The van der Waals surface area contributed by atoms with Gasteiger partial charge in [-0.1, -0.05) is 47.3 Å². The van der Waals surface area contributed by atoms with Crippen LogP contribution < -0.4 is 5.73 Å². The van der Waals surface area contributed by atoms with E-state index in [2.05, 4.69) is 21.7 Å². The van der Waals surface area contributed by atoms with Gasteiger partial charge in [0.25, 0.3) is 0 Å². The van der Waals surface area contributed by atoms with Crippen molar-refractivity contribution in [3.8, 4) is 23.1 Å². The zero-order valence-electron chi connectivity index (χ0n) is 10.1. The van der Waals surface area contributed by atoms with Crippen molar-refractivity contribution in [3.63, 3.8) is 0 Å². The van der Waals surface area contributed by atoms with Crippen LogP contribution in [0, 0.1) is 11.8 Å². The molecule has 0 saturated heterocycles. The number of amides is 1. The highest BCUT2D eigenvalue weighted by Crippen LogP contribution is 2.18. The Labute approximate surface area is 110 Å². The zero-order chi connectivity index (χ0) is 13.5. The lowest BCUT2D eigenvalue weighted by Crippen LogP contribution is -2.12. The molecule has 1 heterocycles. The highest BCUT2D eigenvalue weighted by molar-refractivity contribution is 5.64. The van der Waals surface area contributed by atoms with E-state index in [4.69, 9.17) is 10.3 Å². The van der Waals surface area contributed by atoms with Crippen molar-refractivity contribution in [3.05, 3.63) is 42.2 Å². The lowest BCUT2D eigenvalue weighted by atomic mass is 10.1. The first-order valence-electron chi connectivity index (χ1n) is 5.64. The SMILES string of the molecule is NC(=O)OCC#CCc1cc(-c2ccccc2)no1. The summed E-state index contributed by atoms with van der Waals surface area (Å²) < 4.78 is 9.64. The van der Waals surface area contributed by atoms with Crippen molar-refractivity contribution < 1.29 is 14.1 Å². The van der Waals surface area contributed by atoms with Gasteiger partial charge in [0.2, 0.25) is 0 Å². The molecule has 0 unspecified atom stereocenters. The Morgan fingerprint density at radius 3 is 2.84 bits per heavy atom. The molecule has 2 aromatic rings. The van der Waals surface area contributed by atoms with E-state index in [1.165, 1.54) is 0 Å². The molecule has 0 aliphatic rings. The van der Waals surface area contributed by atoms with Crippen LogP contribution in [0.5, 0.6) is 0 Å². The number of carbonyl (C=O) groups is 1. The zero-order valence-corrected chi connectivity index (χ0v) is 10.1. The smallest absolute Gasteiger partial charge is 0.405 e. The molecule has 0 saturated carbocycles. The summed E-state index contributed by atoms with van der Waals surface area (Å²) >= 11 is 0. The number of ether oxygens (including phenoxy) is 1. The Morgan fingerprint density at radius 1 is 1.32 bits per heavy atom. The molecule has 2 rings (SSSR count). The normalized spacial score (nSPS) is 9.47. The van der Waals surface area contributed by atoms with Gasteiger partial charge < -0.3 is 15.0 Å². The van der Waals surface area contributed by atoms with Crippen molar-refractivity contribution in [2.24, 2.45) is 5.73 Å². The maximum absolute atomic E-state index is 10.3. The highest BCUT2D eigenvalue weighted by atomic mass is 16.5. The third-order valence-corrected chi connectivity index (χ3v) is 2.30. The van der Waals surface area contributed by atoms with Crippen molar-refractivity contribution in [2.75, 3.05) is 6.61 Å². The molecule has 0 fully saturated rings. The number of benzene rings is 1. The summed E-state index contributed by atoms with van der Waals surface area (Å²) in [4.78, 5) is 10.3. The second-order valence-corrected chi connectivity index (χ2v) is 3.68. The van der Waals surface area contributed by atoms with E-state index >= 15 is 0 Å². The molecule has 0 aliphatic carbocycles. The predicted octanol–water partition coefficient (Wildman–Crippen LogP) is 1.98. The predicted molar refractivity (Wildman–Crippen MR) is 69.0 cm³/mol. The summed E-state index contributed by atoms with van der Waals surface area (Å²) in [5, 5.41) is 3.97. The van der Waals surface area contributed by atoms with E-state index < -0.39 is 6.09 Å². The van der Waals surface area contributed by atoms with Gasteiger partial charge in [-0.05, 0) is 0 Å². The molecule has 96 valence electrons. The van der Waals surface area contributed by atoms with E-state index in [0.717, 1.165) is 11.3 Å². The summed E-state index contributed by atoms with van der Waals surface area (Å²) in [7, 11) is 0. The molecule has 0 bridgehead atoms. The fourth-order valence-electron chi connectivity index (χ4n) is 1.45. The van der Waals surface area contributed by atoms with E-state index in [9.17, 15) is 4.79 Å². The molecule has 1 amide bonds. The quantitative estimate of drug-likeness (QED) is 0.852. The molecule has 5 nitrogen and oxygen atoms in total. The second-order valence-electron chi connectivity index (χ2n) is 3.68. The Morgan fingerprint density at radius 2 is 2.11 bits per heavy atom. The molecule has 1 aromatic carbocycles. The molecule has 1 aromatic heterocycles. The van der Waals surface area contributed by atoms with E-state index in [1.54, 1.807) is 0 Å². The van der Waals surface area contributed by atoms with Crippen LogP contribution in [-0.4, -0.2) is 17.9 Å². The monoisotopic (exact) mass is 256 g/mol. The second kappa shape index (κ2) is 6.26. The lowest BCUT2D eigenvalue weighted by Gasteiger charge is -1.91. The van der Waals surface area contributed by atoms with Gasteiger partial charge in [0, 0.05) is 11.6 Å². The molecule has 2 N–H and O–H groups in total. The van der Waals surface area contributed by atoms with Crippen molar-refractivity contribution in [1.29, 1.82) is 0 Å². The topological polar surface area (TPSA) is 78.4 Å². The molecule has 0 aliphatic heterocycles. The van der Waals surface area contributed by atoms with Crippen molar-refractivity contribution in [2.45, 2.75) is 6.42 Å². The van der Waals surface area contributed by atoms with Crippen LogP contribution >= 0.6 is 0 Å². The first-order valence-corrected chi connectivity index (χ1v) is 5.64. The van der Waals surface area contributed by atoms with Crippen molar-refractivity contribution in [1.82, 2.24) is 5.16 Å². The maximum Gasteiger partial charge on any atom is 0.405 e. The fourth-order valence-corrected chi connectivity index (χ4v) is 1.45. The molecule has 0 radical (unpaired) electrons. The van der Waals surface area contributed by atoms with Gasteiger partial charge >= 0.3 is 6.09 Å². The summed E-state index contributed by atoms with van der Waals surface area (Å²) in [6, 6.07) is 11.5. The van der Waals surface area contributed by atoms with E-state index in [-0.39, 0.29) is 6.61 Å². The van der Waals surface area contributed by atoms with Crippen LogP contribution in [0.2, 0.25) is 0 Å². The summed E-state index contributed by atoms with van der Waals surface area (Å²) in [5.41, 5.74) is 6.55. The van der Waals surface area contributed by atoms with Gasteiger partial charge in [0.15, 0.2) is 6.61 Å². The third-order valence-electron chi connectivity index (χ3n) is 2.30. The third kappa shape index (κ3) is 3.89. The standard InChI is InChI=1S/C14H12N2O3/c15-14(17)18-9-5-4-8-12-10-13(16-19-12)11-6-2-1-3-7-11/h1-3,6-7,10H,8-9H2,(H2,15,17). The Bertz CT molecular complexity index is 608. The largest absolute Gasteiger partial charge is 0.437 e. The van der Waals surface area contributed by atoms with Gasteiger partial charge in [-0.25, -0.2) is 4.79 Å². The van der Waals surface area contributed by atoms with Gasteiger partial charge in [0.05, 0.1) is 6.42 Å². The number of hydrogen-bond acceptors (Lipinski definition) is 4. The molecule has 19 heavy (non-hydrogen) atoms. The Hall–Kier alpha value is -2.74. The Kier molecular flexibility index (Phi) is 4.19. The Balaban J connectivity index is 1.93. The number of rotatable bonds is 3. The van der Waals surface area contributed by atoms with Crippen LogP contribution in [0.3, 0.4) is 0 Å². The number of nitrogens with two attached hydrogens (primary N) is 1. The van der Waals surface area contributed by atoms with Crippen molar-refractivity contribution >= 4 is 6.09 Å². The molecule has 0 spiro atoms. The van der Waals surface area contributed by atoms with Gasteiger partial charge in [-0.15, -0.1) is 0 Å². The molecular weight excluding hydrogens is 244 g/mol. The van der Waals surface area contributed by atoms with Crippen LogP contribution in [0.15, 0.2) is 40.9 Å². The molecule has 5 heteroatoms. The fraction of sp³-hybridized carbons (Fsp3) is 0.143. The number of carbonyl (C=O) groups excluding carboxylic acids is 1. The number of nitrogens with zero attached hydrogens (tertiary/aromatic N) is 1. The lowest BCUT2D eigenvalue weighted by molar-refractivity contribution is 0.171. The molecular formula is C14H12N2O3. The average Bonchev–Trinajstić information content (AvgIpc) is 2.88. The highest BCUT2D eigenvalue weighted by Gasteiger charge is 2.04. The first-order chi connectivity index (χ1) is 9.25. The average molecular weight is 256 g/mol. The van der Waals surface area contributed by atoms with Crippen LogP contribution in [0.1, 0.15) is 5.76 Å². The van der Waals surface area contributed by atoms with Gasteiger partial charge in [0.1, 0.15) is 11.5 Å². The number of hydrogen-bond donors (Lipinski definition) is 1. The van der Waals surface area contributed by atoms with Crippen LogP contribution in [0.4, 0.5) is 4.79 Å². The van der Waals surface area contributed by atoms with E-state index in [0.29, 0.717) is 12.2 Å². The maximum atomic E-state index is 10.3. The van der Waals surface area contributed by atoms with E-state index in [1.807, 2.05) is 36.4 Å². The van der Waals surface area contributed by atoms with Crippen LogP contribution in [0.25, 0.3) is 11.3 Å². The molecule has 0 atom stereocenters. The summed E-state index contributed by atoms with van der Waals surface area (Å²) in [6.45, 7) is -0.0188. The number of aromatic nitrogens is 1. The van der Waals surface area contributed by atoms with Gasteiger partial charge in [-0.3, -0.25) is 0 Å². The number of primary amides is 1.